The van der Waals surface area contributed by atoms with Gasteiger partial charge in [0.05, 0.1) is 13.2 Å². The zero-order valence-electron chi connectivity index (χ0n) is 7.03. The van der Waals surface area contributed by atoms with Crippen molar-refractivity contribution in [2.45, 2.75) is 6.42 Å². The molecule has 6 heteroatoms. The van der Waals surface area contributed by atoms with Crippen molar-refractivity contribution in [2.24, 2.45) is 0 Å². The van der Waals surface area contributed by atoms with Gasteiger partial charge >= 0.3 is 0 Å². The fourth-order valence-corrected chi connectivity index (χ4v) is 3.39. The third-order valence-corrected chi connectivity index (χ3v) is 5.31. The minimum atomic E-state index is -2.14. The molecular formula is C6H13ClNO2PS. The number of alkyl halides is 1. The van der Waals surface area contributed by atoms with Gasteiger partial charge in [-0.2, -0.15) is 0 Å². The molecular weight excluding hydrogens is 217 g/mol. The fraction of sp³-hybridized carbons (Fsp3) is 1.00. The van der Waals surface area contributed by atoms with E-state index in [1.165, 1.54) is 0 Å². The van der Waals surface area contributed by atoms with Crippen LogP contribution in [0.1, 0.15) is 6.42 Å². The van der Waals surface area contributed by atoms with Gasteiger partial charge in [-0.1, -0.05) is 0 Å². The molecule has 1 rings (SSSR count). The molecule has 0 spiro atoms. The molecule has 1 aliphatic rings. The quantitative estimate of drug-likeness (QED) is 0.544. The molecule has 0 aromatic heterocycles. The number of halogens is 1. The molecule has 1 heterocycles. The maximum absolute atomic E-state index is 5.50. The summed E-state index contributed by atoms with van der Waals surface area (Å²) >= 11 is 10.8. The molecule has 0 N–H and O–H groups in total. The Bertz CT molecular complexity index is 192. The summed E-state index contributed by atoms with van der Waals surface area (Å²) in [4.78, 5) is 0. The highest BCUT2D eigenvalue weighted by molar-refractivity contribution is 8.08. The van der Waals surface area contributed by atoms with Gasteiger partial charge in [-0.25, -0.2) is 4.67 Å². The minimum absolute atomic E-state index is 0.468. The zero-order chi connectivity index (χ0) is 9.03. The van der Waals surface area contributed by atoms with Crippen LogP contribution in [0, 0.1) is 0 Å². The molecule has 3 nitrogen and oxygen atoms in total. The molecule has 1 atom stereocenters. The van der Waals surface area contributed by atoms with Crippen molar-refractivity contribution < 1.29 is 9.05 Å². The van der Waals surface area contributed by atoms with E-state index < -0.39 is 6.64 Å². The lowest BCUT2D eigenvalue weighted by Gasteiger charge is -2.34. The first kappa shape index (κ1) is 10.9. The predicted molar refractivity (Wildman–Crippen MR) is 54.2 cm³/mol. The monoisotopic (exact) mass is 229 g/mol. The largest absolute Gasteiger partial charge is 0.318 e. The van der Waals surface area contributed by atoms with E-state index >= 15 is 0 Å². The predicted octanol–water partition coefficient (Wildman–Crippen LogP) is 1.82. The second kappa shape index (κ2) is 4.89. The Morgan fingerprint density at radius 2 is 2.50 bits per heavy atom. The lowest BCUT2D eigenvalue weighted by Crippen LogP contribution is -2.25. The van der Waals surface area contributed by atoms with Crippen molar-refractivity contribution in [3.8, 4) is 0 Å². The normalized spacial score (nSPS) is 32.2. The molecule has 0 bridgehead atoms. The van der Waals surface area contributed by atoms with Crippen molar-refractivity contribution in [2.75, 3.05) is 32.7 Å². The summed E-state index contributed by atoms with van der Waals surface area (Å²) in [6.45, 7) is 0.00670. The van der Waals surface area contributed by atoms with Crippen LogP contribution in [0.5, 0.6) is 0 Å². The number of nitrogens with zero attached hydrogens (tertiary/aromatic N) is 1. The molecule has 12 heavy (non-hydrogen) atoms. The van der Waals surface area contributed by atoms with E-state index in [4.69, 9.17) is 32.5 Å². The zero-order valence-corrected chi connectivity index (χ0v) is 9.50. The number of rotatable bonds is 3. The standard InChI is InChI=1S/C6H13ClNO2PS/c1-8-4-2-5-9-11(8,12)10-6-3-7/h2-6H2,1H3. The van der Waals surface area contributed by atoms with Gasteiger partial charge in [-0.05, 0) is 25.3 Å². The average Bonchev–Trinajstić information content (AvgIpc) is 2.07. The summed E-state index contributed by atoms with van der Waals surface area (Å²) in [5.74, 6) is 0.468. The molecule has 1 aliphatic heterocycles. The number of hydrogen-bond donors (Lipinski definition) is 0. The summed E-state index contributed by atoms with van der Waals surface area (Å²) in [5, 5.41) is 0. The summed E-state index contributed by atoms with van der Waals surface area (Å²) < 4.78 is 12.9. The molecule has 1 fully saturated rings. The first-order valence-corrected chi connectivity index (χ1v) is 6.98. The number of hydrogen-bond acceptors (Lipinski definition) is 3. The lowest BCUT2D eigenvalue weighted by atomic mass is 10.5. The van der Waals surface area contributed by atoms with Crippen LogP contribution in [0.4, 0.5) is 0 Å². The first-order chi connectivity index (χ1) is 5.69. The van der Waals surface area contributed by atoms with Gasteiger partial charge in [0.2, 0.25) is 0 Å². The molecule has 72 valence electrons. The molecule has 1 unspecified atom stereocenters. The van der Waals surface area contributed by atoms with Crippen LogP contribution in [-0.2, 0) is 20.9 Å². The molecule has 0 aromatic rings. The van der Waals surface area contributed by atoms with Crippen LogP contribution in [0.25, 0.3) is 0 Å². The van der Waals surface area contributed by atoms with Gasteiger partial charge < -0.3 is 9.05 Å². The van der Waals surface area contributed by atoms with Gasteiger partial charge in [0, 0.05) is 12.4 Å². The topological polar surface area (TPSA) is 21.7 Å². The Kier molecular flexibility index (Phi) is 4.44. The Morgan fingerprint density at radius 3 is 3.08 bits per heavy atom. The van der Waals surface area contributed by atoms with E-state index in [0.717, 1.165) is 13.0 Å². The summed E-state index contributed by atoms with van der Waals surface area (Å²) in [7, 11) is 1.94. The lowest BCUT2D eigenvalue weighted by molar-refractivity contribution is 0.182. The van der Waals surface area contributed by atoms with Crippen molar-refractivity contribution in [3.63, 3.8) is 0 Å². The molecule has 0 saturated carbocycles. The van der Waals surface area contributed by atoms with Crippen LogP contribution in [-0.4, -0.2) is 37.4 Å². The van der Waals surface area contributed by atoms with Gasteiger partial charge in [0.15, 0.2) is 0 Å². The highest BCUT2D eigenvalue weighted by Crippen LogP contribution is 2.53. The SMILES string of the molecule is CN1CCCOP1(=S)OCCCl. The van der Waals surface area contributed by atoms with Crippen molar-refractivity contribution in [3.05, 3.63) is 0 Å². The van der Waals surface area contributed by atoms with E-state index in [1.54, 1.807) is 0 Å². The second-order valence-corrected chi connectivity index (χ2v) is 6.46. The van der Waals surface area contributed by atoms with Crippen molar-refractivity contribution in [1.29, 1.82) is 0 Å². The Morgan fingerprint density at radius 1 is 1.75 bits per heavy atom. The maximum Gasteiger partial charge on any atom is 0.263 e. The van der Waals surface area contributed by atoms with E-state index in [0.29, 0.717) is 19.1 Å². The van der Waals surface area contributed by atoms with Crippen LogP contribution in [0.15, 0.2) is 0 Å². The molecule has 0 radical (unpaired) electrons. The van der Waals surface area contributed by atoms with E-state index in [9.17, 15) is 0 Å². The molecule has 1 saturated heterocycles. The maximum atomic E-state index is 5.50. The third kappa shape index (κ3) is 2.66. The van der Waals surface area contributed by atoms with Crippen LogP contribution in [0.2, 0.25) is 0 Å². The molecule has 0 aromatic carbocycles. The van der Waals surface area contributed by atoms with Gasteiger partial charge in [-0.15, -0.1) is 11.6 Å². The highest BCUT2D eigenvalue weighted by atomic mass is 35.5. The van der Waals surface area contributed by atoms with E-state index in [-0.39, 0.29) is 0 Å². The first-order valence-electron chi connectivity index (χ1n) is 3.86. The second-order valence-electron chi connectivity index (χ2n) is 2.56. The third-order valence-electron chi connectivity index (χ3n) is 1.63. The van der Waals surface area contributed by atoms with Crippen LogP contribution >= 0.6 is 18.2 Å². The smallest absolute Gasteiger partial charge is 0.263 e. The van der Waals surface area contributed by atoms with Crippen molar-refractivity contribution >= 4 is 30.1 Å². The average molecular weight is 230 g/mol. The van der Waals surface area contributed by atoms with Gasteiger partial charge in [0.25, 0.3) is 6.64 Å². The molecule has 0 aliphatic carbocycles. The van der Waals surface area contributed by atoms with Gasteiger partial charge in [0.1, 0.15) is 0 Å². The summed E-state index contributed by atoms with van der Waals surface area (Å²) in [6.07, 6.45) is 1.03. The Labute approximate surface area is 83.2 Å². The fourth-order valence-electron chi connectivity index (χ4n) is 0.980. The van der Waals surface area contributed by atoms with E-state index in [1.807, 2.05) is 11.7 Å². The molecule has 0 amide bonds. The van der Waals surface area contributed by atoms with Crippen LogP contribution < -0.4 is 0 Å². The van der Waals surface area contributed by atoms with Gasteiger partial charge in [-0.3, -0.25) is 0 Å². The summed E-state index contributed by atoms with van der Waals surface area (Å²) in [6, 6.07) is 0. The van der Waals surface area contributed by atoms with Crippen LogP contribution in [0.3, 0.4) is 0 Å². The minimum Gasteiger partial charge on any atom is -0.318 e. The Balaban J connectivity index is 2.48. The Hall–Kier alpha value is 0.820. The highest BCUT2D eigenvalue weighted by Gasteiger charge is 2.28. The van der Waals surface area contributed by atoms with E-state index in [2.05, 4.69) is 0 Å². The van der Waals surface area contributed by atoms with Crippen molar-refractivity contribution in [1.82, 2.24) is 4.67 Å². The summed E-state index contributed by atoms with van der Waals surface area (Å²) in [5.41, 5.74) is 0.